The van der Waals surface area contributed by atoms with Gasteiger partial charge in [-0.15, -0.1) is 0 Å². The van der Waals surface area contributed by atoms with Gasteiger partial charge in [-0.05, 0) is 18.9 Å². The van der Waals surface area contributed by atoms with Crippen molar-refractivity contribution >= 4 is 23.1 Å². The molecule has 0 aromatic carbocycles. The van der Waals surface area contributed by atoms with E-state index < -0.39 is 0 Å². The number of hydrogen-bond donors (Lipinski definition) is 2. The highest BCUT2D eigenvalue weighted by Crippen LogP contribution is 2.21. The molecule has 0 saturated carbocycles. The van der Waals surface area contributed by atoms with Crippen LogP contribution in [0.1, 0.15) is 33.1 Å². The molecule has 0 aliphatic rings. The Balaban J connectivity index is 2.70. The Bertz CT molecular complexity index is 315. The summed E-state index contributed by atoms with van der Waals surface area (Å²) in [6, 6.07) is 2.15. The third-order valence-corrected chi connectivity index (χ3v) is 2.56. The molecule has 0 amide bonds. The van der Waals surface area contributed by atoms with E-state index in [1.807, 2.05) is 0 Å². The largest absolute Gasteiger partial charge is 0.396 e. The van der Waals surface area contributed by atoms with Gasteiger partial charge in [0.2, 0.25) is 0 Å². The zero-order valence-corrected chi connectivity index (χ0v) is 10.0. The zero-order valence-electron chi connectivity index (χ0n) is 9.26. The van der Waals surface area contributed by atoms with E-state index >= 15 is 0 Å². The van der Waals surface area contributed by atoms with Gasteiger partial charge in [0.25, 0.3) is 0 Å². The summed E-state index contributed by atoms with van der Waals surface area (Å²) in [5, 5.41) is 3.90. The van der Waals surface area contributed by atoms with E-state index in [0.29, 0.717) is 16.8 Å². The second kappa shape index (κ2) is 5.81. The monoisotopic (exact) mass is 227 g/mol. The van der Waals surface area contributed by atoms with Crippen molar-refractivity contribution in [3.63, 3.8) is 0 Å². The maximum absolute atomic E-state index is 5.81. The molecule has 0 aliphatic heterocycles. The minimum absolute atomic E-state index is 0.436. The van der Waals surface area contributed by atoms with Crippen molar-refractivity contribution in [3.05, 3.63) is 17.3 Å². The molecule has 0 aliphatic carbocycles. The summed E-state index contributed by atoms with van der Waals surface area (Å²) in [4.78, 5) is 4.18. The predicted molar refractivity (Wildman–Crippen MR) is 66.3 cm³/mol. The Hall–Kier alpha value is -0.960. The van der Waals surface area contributed by atoms with E-state index in [1.165, 1.54) is 0 Å². The first kappa shape index (κ1) is 12.1. The van der Waals surface area contributed by atoms with Gasteiger partial charge < -0.3 is 11.1 Å². The molecule has 3 N–H and O–H groups in total. The van der Waals surface area contributed by atoms with E-state index in [1.54, 1.807) is 12.3 Å². The van der Waals surface area contributed by atoms with Crippen molar-refractivity contribution in [1.29, 1.82) is 0 Å². The van der Waals surface area contributed by atoms with Crippen molar-refractivity contribution in [2.75, 3.05) is 11.1 Å². The maximum atomic E-state index is 5.81. The lowest BCUT2D eigenvalue weighted by molar-refractivity contribution is 0.621. The molecule has 0 saturated heterocycles. The summed E-state index contributed by atoms with van der Waals surface area (Å²) in [5.74, 6) is 0.736. The normalized spacial score (nSPS) is 12.5. The number of nitrogens with zero attached hydrogens (tertiary/aromatic N) is 1. The summed E-state index contributed by atoms with van der Waals surface area (Å²) < 4.78 is 0. The Morgan fingerprint density at radius 1 is 1.53 bits per heavy atom. The molecule has 4 heteroatoms. The third-order valence-electron chi connectivity index (χ3n) is 2.35. The Kier molecular flexibility index (Phi) is 4.69. The van der Waals surface area contributed by atoms with Gasteiger partial charge in [-0.1, -0.05) is 31.9 Å². The molecule has 0 bridgehead atoms. The highest BCUT2D eigenvalue weighted by atomic mass is 35.5. The standard InChI is InChI=1S/C11H18ClN3/c1-3-5-9(4-2)15-11-10(13)6-8(12)7-14-11/h6-7,9H,3-5,13H2,1-2H3,(H,14,15). The van der Waals surface area contributed by atoms with Crippen LogP contribution in [0.5, 0.6) is 0 Å². The van der Waals surface area contributed by atoms with Crippen LogP contribution in [0.2, 0.25) is 5.02 Å². The maximum Gasteiger partial charge on any atom is 0.149 e. The Morgan fingerprint density at radius 3 is 2.80 bits per heavy atom. The molecule has 15 heavy (non-hydrogen) atoms. The molecule has 0 fully saturated rings. The van der Waals surface area contributed by atoms with Crippen LogP contribution in [-0.2, 0) is 0 Å². The van der Waals surface area contributed by atoms with Gasteiger partial charge >= 0.3 is 0 Å². The van der Waals surface area contributed by atoms with Gasteiger partial charge in [0.1, 0.15) is 5.82 Å². The molecule has 1 heterocycles. The number of nitrogens with two attached hydrogens (primary N) is 1. The average Bonchev–Trinajstić information content (AvgIpc) is 2.21. The number of rotatable bonds is 5. The SMILES string of the molecule is CCCC(CC)Nc1ncc(Cl)cc1N. The van der Waals surface area contributed by atoms with Crippen LogP contribution in [0.25, 0.3) is 0 Å². The van der Waals surface area contributed by atoms with Crippen LogP contribution in [0.3, 0.4) is 0 Å². The molecule has 1 aromatic rings. The molecule has 1 unspecified atom stereocenters. The molecule has 0 radical (unpaired) electrons. The predicted octanol–water partition coefficient (Wildman–Crippen LogP) is 3.31. The van der Waals surface area contributed by atoms with Crippen molar-refractivity contribution in [2.45, 2.75) is 39.2 Å². The summed E-state index contributed by atoms with van der Waals surface area (Å²) in [5.41, 5.74) is 6.42. The number of hydrogen-bond acceptors (Lipinski definition) is 3. The second-order valence-corrected chi connectivity index (χ2v) is 4.07. The number of aromatic nitrogens is 1. The van der Waals surface area contributed by atoms with E-state index in [-0.39, 0.29) is 0 Å². The van der Waals surface area contributed by atoms with Crippen LogP contribution >= 0.6 is 11.6 Å². The first-order valence-electron chi connectivity index (χ1n) is 5.34. The van der Waals surface area contributed by atoms with Crippen molar-refractivity contribution < 1.29 is 0 Å². The van der Waals surface area contributed by atoms with E-state index in [2.05, 4.69) is 24.1 Å². The zero-order chi connectivity index (χ0) is 11.3. The van der Waals surface area contributed by atoms with Crippen LogP contribution in [-0.4, -0.2) is 11.0 Å². The van der Waals surface area contributed by atoms with E-state index in [9.17, 15) is 0 Å². The number of nitrogens with one attached hydrogen (secondary N) is 1. The molecule has 1 rings (SSSR count). The Labute approximate surface area is 96.0 Å². The lowest BCUT2D eigenvalue weighted by atomic mass is 10.1. The number of anilines is 2. The van der Waals surface area contributed by atoms with E-state index in [0.717, 1.165) is 25.1 Å². The molecule has 84 valence electrons. The lowest BCUT2D eigenvalue weighted by Gasteiger charge is -2.17. The minimum Gasteiger partial charge on any atom is -0.396 e. The summed E-state index contributed by atoms with van der Waals surface area (Å²) in [6.45, 7) is 4.32. The van der Waals surface area contributed by atoms with Gasteiger partial charge in [0, 0.05) is 12.2 Å². The van der Waals surface area contributed by atoms with Crippen LogP contribution in [0.4, 0.5) is 11.5 Å². The molecule has 1 aromatic heterocycles. The first-order valence-corrected chi connectivity index (χ1v) is 5.72. The number of nitrogen functional groups attached to an aromatic ring is 1. The quantitative estimate of drug-likeness (QED) is 0.812. The van der Waals surface area contributed by atoms with Crippen molar-refractivity contribution in [3.8, 4) is 0 Å². The number of pyridine rings is 1. The fourth-order valence-corrected chi connectivity index (χ4v) is 1.66. The summed E-state index contributed by atoms with van der Waals surface area (Å²) >= 11 is 5.78. The number of halogens is 1. The molecule has 1 atom stereocenters. The minimum atomic E-state index is 0.436. The molecular formula is C11H18ClN3. The lowest BCUT2D eigenvalue weighted by Crippen LogP contribution is -2.19. The van der Waals surface area contributed by atoms with Gasteiger partial charge in [0.05, 0.1) is 10.7 Å². The Morgan fingerprint density at radius 2 is 2.27 bits per heavy atom. The molecule has 3 nitrogen and oxygen atoms in total. The van der Waals surface area contributed by atoms with Gasteiger partial charge in [-0.3, -0.25) is 0 Å². The van der Waals surface area contributed by atoms with Gasteiger partial charge in [-0.2, -0.15) is 0 Å². The van der Waals surface area contributed by atoms with Crippen molar-refractivity contribution in [2.24, 2.45) is 0 Å². The fourth-order valence-electron chi connectivity index (χ4n) is 1.50. The summed E-state index contributed by atoms with van der Waals surface area (Å²) in [6.07, 6.45) is 4.95. The fraction of sp³-hybridized carbons (Fsp3) is 0.545. The van der Waals surface area contributed by atoms with Crippen molar-refractivity contribution in [1.82, 2.24) is 4.98 Å². The van der Waals surface area contributed by atoms with Crippen LogP contribution in [0.15, 0.2) is 12.3 Å². The highest BCUT2D eigenvalue weighted by Gasteiger charge is 2.08. The van der Waals surface area contributed by atoms with Gasteiger partial charge in [0.15, 0.2) is 0 Å². The second-order valence-electron chi connectivity index (χ2n) is 3.63. The van der Waals surface area contributed by atoms with Crippen LogP contribution in [0, 0.1) is 0 Å². The smallest absolute Gasteiger partial charge is 0.149 e. The average molecular weight is 228 g/mol. The first-order chi connectivity index (χ1) is 7.17. The van der Waals surface area contributed by atoms with Crippen LogP contribution < -0.4 is 11.1 Å². The molecule has 0 spiro atoms. The van der Waals surface area contributed by atoms with E-state index in [4.69, 9.17) is 17.3 Å². The van der Waals surface area contributed by atoms with Gasteiger partial charge in [-0.25, -0.2) is 4.98 Å². The molecular weight excluding hydrogens is 210 g/mol. The summed E-state index contributed by atoms with van der Waals surface area (Å²) in [7, 11) is 0. The highest BCUT2D eigenvalue weighted by molar-refractivity contribution is 6.30. The topological polar surface area (TPSA) is 50.9 Å². The third kappa shape index (κ3) is 3.59.